The Morgan fingerprint density at radius 2 is 1.97 bits per heavy atom. The summed E-state index contributed by atoms with van der Waals surface area (Å²) in [5.41, 5.74) is 2.25. The van der Waals surface area contributed by atoms with E-state index in [2.05, 4.69) is 26.6 Å². The van der Waals surface area contributed by atoms with Crippen LogP contribution in [0.25, 0.3) is 22.6 Å². The molecule has 5 rings (SSSR count). The molecule has 30 heavy (non-hydrogen) atoms. The molecule has 0 aromatic carbocycles. The molecule has 8 nitrogen and oxygen atoms in total. The Bertz CT molecular complexity index is 1240. The van der Waals surface area contributed by atoms with Gasteiger partial charge in [0.05, 0.1) is 41.4 Å². The topological polar surface area (TPSA) is 89.6 Å². The molecule has 0 N–H and O–H groups in total. The molecule has 0 saturated heterocycles. The van der Waals surface area contributed by atoms with Crippen LogP contribution in [0.2, 0.25) is 0 Å². The monoisotopic (exact) mass is 408 g/mol. The molecule has 4 aromatic rings. The average Bonchev–Trinajstić information content (AvgIpc) is 3.50. The normalized spacial score (nSPS) is 15.1. The number of rotatable bonds is 4. The summed E-state index contributed by atoms with van der Waals surface area (Å²) in [6, 6.07) is 7.52. The third kappa shape index (κ3) is 3.12. The number of aromatic nitrogens is 7. The Hall–Kier alpha value is -3.61. The van der Waals surface area contributed by atoms with Gasteiger partial charge >= 0.3 is 0 Å². The summed E-state index contributed by atoms with van der Waals surface area (Å²) in [7, 11) is 0. The number of halogens is 2. The molecule has 0 bridgehead atoms. The Morgan fingerprint density at radius 1 is 1.13 bits per heavy atom. The van der Waals surface area contributed by atoms with E-state index in [0.717, 1.165) is 31.2 Å². The smallest absolute Gasteiger partial charge is 0.267 e. The van der Waals surface area contributed by atoms with E-state index in [4.69, 9.17) is 5.26 Å². The molecule has 10 heteroatoms. The van der Waals surface area contributed by atoms with Crippen molar-refractivity contribution in [3.05, 3.63) is 48.0 Å². The fraction of sp³-hybridized carbons (Fsp3) is 0.350. The van der Waals surface area contributed by atoms with E-state index in [1.54, 1.807) is 33.7 Å². The molecule has 0 aliphatic heterocycles. The number of hydrogen-bond donors (Lipinski definition) is 0. The first-order chi connectivity index (χ1) is 14.6. The van der Waals surface area contributed by atoms with Crippen molar-refractivity contribution >= 4 is 5.52 Å². The third-order valence-electron chi connectivity index (χ3n) is 5.53. The lowest BCUT2D eigenvalue weighted by atomic mass is 9.96. The summed E-state index contributed by atoms with van der Waals surface area (Å²) >= 11 is 0. The zero-order valence-corrected chi connectivity index (χ0v) is 16.0. The van der Waals surface area contributed by atoms with Crippen LogP contribution < -0.4 is 0 Å². The molecule has 152 valence electrons. The van der Waals surface area contributed by atoms with Gasteiger partial charge in [0, 0.05) is 0 Å². The fourth-order valence-corrected chi connectivity index (χ4v) is 4.01. The van der Waals surface area contributed by atoms with Crippen LogP contribution in [0.3, 0.4) is 0 Å². The van der Waals surface area contributed by atoms with Gasteiger partial charge in [-0.15, -0.1) is 5.10 Å². The molecule has 0 atom stereocenters. The van der Waals surface area contributed by atoms with Gasteiger partial charge in [-0.25, -0.2) is 18.0 Å². The lowest BCUT2D eigenvalue weighted by molar-refractivity contribution is 0.143. The fourth-order valence-electron chi connectivity index (χ4n) is 4.01. The molecule has 4 aromatic heterocycles. The van der Waals surface area contributed by atoms with Crippen LogP contribution in [-0.2, 0) is 0 Å². The maximum absolute atomic E-state index is 13.7. The minimum atomic E-state index is -2.71. The summed E-state index contributed by atoms with van der Waals surface area (Å²) in [4.78, 5) is 0. The molecule has 4 heterocycles. The summed E-state index contributed by atoms with van der Waals surface area (Å²) in [5, 5.41) is 25.7. The number of nitrogens with zero attached hydrogens (tertiary/aromatic N) is 8. The van der Waals surface area contributed by atoms with E-state index in [-0.39, 0.29) is 17.4 Å². The first-order valence-electron chi connectivity index (χ1n) is 9.82. The molecule has 0 amide bonds. The average molecular weight is 408 g/mol. The van der Waals surface area contributed by atoms with Crippen molar-refractivity contribution in [1.29, 1.82) is 5.26 Å². The lowest BCUT2D eigenvalue weighted by Gasteiger charge is -2.21. The van der Waals surface area contributed by atoms with Crippen molar-refractivity contribution in [2.45, 2.75) is 44.6 Å². The number of hydrogen-bond acceptors (Lipinski definition) is 5. The van der Waals surface area contributed by atoms with E-state index in [0.29, 0.717) is 17.0 Å². The standard InChI is InChI=1S/C20H18F2N8/c21-20(22)19-18(12-28(26-19)14-4-2-1-3-5-14)29-11-16(25-27-29)17-7-6-15-8-13(9-23)10-24-30(15)17/h6-8,10-12,14,20H,1-5H2. The van der Waals surface area contributed by atoms with E-state index < -0.39 is 6.43 Å². The highest BCUT2D eigenvalue weighted by Crippen LogP contribution is 2.32. The zero-order valence-electron chi connectivity index (χ0n) is 16.0. The van der Waals surface area contributed by atoms with Crippen molar-refractivity contribution in [2.24, 2.45) is 0 Å². The maximum Gasteiger partial charge on any atom is 0.284 e. The Labute approximate surface area is 170 Å². The molecule has 0 unspecified atom stereocenters. The van der Waals surface area contributed by atoms with Crippen LogP contribution in [-0.4, -0.2) is 34.4 Å². The molecule has 0 radical (unpaired) electrons. The van der Waals surface area contributed by atoms with Crippen molar-refractivity contribution in [1.82, 2.24) is 34.4 Å². The highest BCUT2D eigenvalue weighted by molar-refractivity contribution is 5.64. The predicted octanol–water partition coefficient (Wildman–Crippen LogP) is 4.09. The molecular formula is C20H18F2N8. The molecule has 0 spiro atoms. The second-order valence-electron chi connectivity index (χ2n) is 7.43. The summed E-state index contributed by atoms with van der Waals surface area (Å²) in [6.07, 6.45) is 7.21. The van der Waals surface area contributed by atoms with Gasteiger partial charge in [-0.3, -0.25) is 4.68 Å². The van der Waals surface area contributed by atoms with Crippen molar-refractivity contribution < 1.29 is 8.78 Å². The second-order valence-corrected chi connectivity index (χ2v) is 7.43. The van der Waals surface area contributed by atoms with Crippen LogP contribution in [0.1, 0.15) is 55.8 Å². The summed E-state index contributed by atoms with van der Waals surface area (Å²) < 4.78 is 32.0. The Kier molecular flexibility index (Phi) is 4.50. The second kappa shape index (κ2) is 7.33. The van der Waals surface area contributed by atoms with Gasteiger partial charge in [0.15, 0.2) is 5.69 Å². The summed E-state index contributed by atoms with van der Waals surface area (Å²) in [5.74, 6) is 0. The Balaban J connectivity index is 1.52. The first kappa shape index (κ1) is 18.4. The summed E-state index contributed by atoms with van der Waals surface area (Å²) in [6.45, 7) is 0. The van der Waals surface area contributed by atoms with E-state index in [1.165, 1.54) is 17.3 Å². The predicted molar refractivity (Wildman–Crippen MR) is 103 cm³/mol. The maximum atomic E-state index is 13.7. The highest BCUT2D eigenvalue weighted by Gasteiger charge is 2.25. The van der Waals surface area contributed by atoms with Gasteiger partial charge in [0.1, 0.15) is 17.5 Å². The zero-order chi connectivity index (χ0) is 20.7. The van der Waals surface area contributed by atoms with Gasteiger partial charge in [-0.05, 0) is 31.0 Å². The van der Waals surface area contributed by atoms with Gasteiger partial charge in [-0.2, -0.15) is 15.5 Å². The largest absolute Gasteiger partial charge is 0.284 e. The van der Waals surface area contributed by atoms with E-state index >= 15 is 0 Å². The quantitative estimate of drug-likeness (QED) is 0.507. The van der Waals surface area contributed by atoms with Gasteiger partial charge in [-0.1, -0.05) is 24.5 Å². The number of alkyl halides is 2. The number of fused-ring (bicyclic) bond motifs is 1. The van der Waals surface area contributed by atoms with Crippen LogP contribution >= 0.6 is 0 Å². The SMILES string of the molecule is N#Cc1cnn2c(-c3cn(-c4cn(C5CCCCC5)nc4C(F)F)nn3)ccc2c1. The van der Waals surface area contributed by atoms with E-state index in [1.807, 2.05) is 6.07 Å². The van der Waals surface area contributed by atoms with Crippen molar-refractivity contribution in [3.63, 3.8) is 0 Å². The first-order valence-corrected chi connectivity index (χ1v) is 9.82. The van der Waals surface area contributed by atoms with Crippen molar-refractivity contribution in [2.75, 3.05) is 0 Å². The third-order valence-corrected chi connectivity index (χ3v) is 5.53. The van der Waals surface area contributed by atoms with Crippen LogP contribution in [0, 0.1) is 11.3 Å². The van der Waals surface area contributed by atoms with Crippen LogP contribution in [0.5, 0.6) is 0 Å². The lowest BCUT2D eigenvalue weighted by Crippen LogP contribution is -2.13. The van der Waals surface area contributed by atoms with Crippen molar-refractivity contribution in [3.8, 4) is 23.1 Å². The van der Waals surface area contributed by atoms with Crippen LogP contribution in [0.15, 0.2) is 36.8 Å². The molecule has 1 aliphatic carbocycles. The highest BCUT2D eigenvalue weighted by atomic mass is 19.3. The van der Waals surface area contributed by atoms with Gasteiger partial charge in [0.25, 0.3) is 6.43 Å². The Morgan fingerprint density at radius 3 is 2.73 bits per heavy atom. The molecule has 1 saturated carbocycles. The minimum Gasteiger partial charge on any atom is -0.267 e. The molecular weight excluding hydrogens is 390 g/mol. The van der Waals surface area contributed by atoms with E-state index in [9.17, 15) is 8.78 Å². The van der Waals surface area contributed by atoms with Gasteiger partial charge < -0.3 is 0 Å². The minimum absolute atomic E-state index is 0.140. The molecule has 1 fully saturated rings. The van der Waals surface area contributed by atoms with Crippen LogP contribution in [0.4, 0.5) is 8.78 Å². The number of nitriles is 1. The van der Waals surface area contributed by atoms with Gasteiger partial charge in [0.2, 0.25) is 0 Å². The molecule has 1 aliphatic rings.